The second-order valence-electron chi connectivity index (χ2n) is 5.88. The molecule has 0 spiro atoms. The number of aryl methyl sites for hydroxylation is 1. The number of hydrogen-bond acceptors (Lipinski definition) is 3. The molecule has 0 radical (unpaired) electrons. The molecule has 1 aliphatic heterocycles. The normalized spacial score (nSPS) is 24.4. The summed E-state index contributed by atoms with van der Waals surface area (Å²) in [5, 5.41) is 3.39. The highest BCUT2D eigenvalue weighted by atomic mass is 32.1. The van der Waals surface area contributed by atoms with E-state index >= 15 is 0 Å². The van der Waals surface area contributed by atoms with E-state index in [0.29, 0.717) is 5.92 Å². The fourth-order valence-electron chi connectivity index (χ4n) is 2.86. The minimum atomic E-state index is 0.00205. The van der Waals surface area contributed by atoms with Gasteiger partial charge in [-0.05, 0) is 51.3 Å². The van der Waals surface area contributed by atoms with Gasteiger partial charge in [0.2, 0.25) is 5.91 Å². The van der Waals surface area contributed by atoms with E-state index < -0.39 is 0 Å². The largest absolute Gasteiger partial charge is 0.337 e. The molecule has 1 amide bonds. The molecule has 1 aromatic rings. The van der Waals surface area contributed by atoms with Crippen LogP contribution in [0.2, 0.25) is 0 Å². The molecule has 4 heteroatoms. The van der Waals surface area contributed by atoms with Crippen LogP contribution in [0.25, 0.3) is 0 Å². The van der Waals surface area contributed by atoms with Gasteiger partial charge in [-0.3, -0.25) is 4.79 Å². The van der Waals surface area contributed by atoms with Crippen molar-refractivity contribution in [2.24, 2.45) is 5.92 Å². The lowest BCUT2D eigenvalue weighted by Crippen LogP contribution is -2.49. The Morgan fingerprint density at radius 3 is 2.90 bits per heavy atom. The van der Waals surface area contributed by atoms with Gasteiger partial charge in [-0.2, -0.15) is 0 Å². The zero-order valence-corrected chi connectivity index (χ0v) is 13.8. The molecule has 20 heavy (non-hydrogen) atoms. The van der Waals surface area contributed by atoms with E-state index in [0.717, 1.165) is 13.0 Å². The third-order valence-corrected chi connectivity index (χ3v) is 5.66. The molecule has 112 valence electrons. The van der Waals surface area contributed by atoms with Crippen LogP contribution in [0.15, 0.2) is 12.1 Å². The molecular formula is C16H26N2OS. The van der Waals surface area contributed by atoms with Crippen molar-refractivity contribution in [2.75, 3.05) is 13.6 Å². The summed E-state index contributed by atoms with van der Waals surface area (Å²) >= 11 is 1.78. The molecule has 1 aliphatic rings. The number of rotatable bonds is 4. The van der Waals surface area contributed by atoms with E-state index in [-0.39, 0.29) is 18.0 Å². The molecule has 0 saturated carbocycles. The Morgan fingerprint density at radius 1 is 1.55 bits per heavy atom. The predicted molar refractivity (Wildman–Crippen MR) is 85.0 cm³/mol. The van der Waals surface area contributed by atoms with Crippen LogP contribution in [-0.2, 0) is 4.79 Å². The van der Waals surface area contributed by atoms with Crippen LogP contribution in [0, 0.1) is 12.8 Å². The van der Waals surface area contributed by atoms with Gasteiger partial charge < -0.3 is 10.2 Å². The van der Waals surface area contributed by atoms with Gasteiger partial charge in [0.1, 0.15) is 0 Å². The molecule has 3 atom stereocenters. The van der Waals surface area contributed by atoms with Crippen molar-refractivity contribution < 1.29 is 4.79 Å². The maximum absolute atomic E-state index is 12.6. The number of likely N-dealkylation sites (N-methyl/N-ethyl adjacent to an activating group) is 1. The predicted octanol–water partition coefficient (Wildman–Crippen LogP) is 3.35. The number of nitrogens with zero attached hydrogens (tertiary/aromatic N) is 1. The Hall–Kier alpha value is -0.870. The van der Waals surface area contributed by atoms with E-state index in [2.05, 4.69) is 38.2 Å². The quantitative estimate of drug-likeness (QED) is 0.923. The number of thiophene rings is 1. The Morgan fingerprint density at radius 2 is 2.30 bits per heavy atom. The van der Waals surface area contributed by atoms with Crippen molar-refractivity contribution in [1.82, 2.24) is 10.2 Å². The lowest BCUT2D eigenvalue weighted by molar-refractivity contribution is -0.135. The smallest absolute Gasteiger partial charge is 0.239 e. The molecule has 0 aliphatic carbocycles. The van der Waals surface area contributed by atoms with Gasteiger partial charge >= 0.3 is 0 Å². The number of hydrogen-bond donors (Lipinski definition) is 1. The fraction of sp³-hybridized carbons (Fsp3) is 0.688. The first-order valence-electron chi connectivity index (χ1n) is 7.59. The summed E-state index contributed by atoms with van der Waals surface area (Å²) in [5.41, 5.74) is 0. The zero-order chi connectivity index (χ0) is 14.7. The van der Waals surface area contributed by atoms with E-state index in [1.54, 1.807) is 11.3 Å². The average molecular weight is 294 g/mol. The summed E-state index contributed by atoms with van der Waals surface area (Å²) in [4.78, 5) is 17.1. The molecular weight excluding hydrogens is 268 g/mol. The molecule has 1 fully saturated rings. The Bertz CT molecular complexity index is 457. The van der Waals surface area contributed by atoms with Crippen LogP contribution >= 0.6 is 11.3 Å². The second-order valence-corrected chi connectivity index (χ2v) is 7.20. The van der Waals surface area contributed by atoms with Crippen molar-refractivity contribution >= 4 is 17.2 Å². The molecule has 1 N–H and O–H groups in total. The van der Waals surface area contributed by atoms with Crippen LogP contribution in [0.4, 0.5) is 0 Å². The topological polar surface area (TPSA) is 32.3 Å². The van der Waals surface area contributed by atoms with Crippen molar-refractivity contribution in [3.63, 3.8) is 0 Å². The van der Waals surface area contributed by atoms with Gasteiger partial charge in [0.15, 0.2) is 0 Å². The Kier molecular flexibility index (Phi) is 5.22. The number of amides is 1. The molecule has 2 heterocycles. The highest BCUT2D eigenvalue weighted by Gasteiger charge is 2.30. The summed E-state index contributed by atoms with van der Waals surface area (Å²) in [6.07, 6.45) is 3.36. The van der Waals surface area contributed by atoms with Crippen LogP contribution in [0.1, 0.15) is 48.9 Å². The number of nitrogens with one attached hydrogen (secondary N) is 1. The van der Waals surface area contributed by atoms with Crippen LogP contribution in [0.3, 0.4) is 0 Å². The third kappa shape index (κ3) is 3.41. The van der Waals surface area contributed by atoms with Gasteiger partial charge in [0.05, 0.1) is 12.1 Å². The molecule has 3 unspecified atom stereocenters. The number of carbonyl (C=O) groups is 1. The standard InChI is InChI=1S/C16H26N2OS/c1-5-13-8-9-17-14(10-13)16(19)18(4)12(3)15-7-6-11(2)20-15/h6-7,12-14,17H,5,8-10H2,1-4H3. The minimum Gasteiger partial charge on any atom is -0.337 e. The average Bonchev–Trinajstić information content (AvgIpc) is 2.91. The van der Waals surface area contributed by atoms with Crippen molar-refractivity contribution in [1.29, 1.82) is 0 Å². The summed E-state index contributed by atoms with van der Waals surface area (Å²) < 4.78 is 0. The first-order valence-corrected chi connectivity index (χ1v) is 8.41. The first kappa shape index (κ1) is 15.5. The molecule has 2 rings (SSSR count). The third-order valence-electron chi connectivity index (χ3n) is 4.49. The maximum Gasteiger partial charge on any atom is 0.239 e. The van der Waals surface area contributed by atoms with E-state index in [1.807, 2.05) is 11.9 Å². The summed E-state index contributed by atoms with van der Waals surface area (Å²) in [6.45, 7) is 7.41. The summed E-state index contributed by atoms with van der Waals surface area (Å²) in [7, 11) is 1.93. The summed E-state index contributed by atoms with van der Waals surface area (Å²) in [6, 6.07) is 4.42. The van der Waals surface area contributed by atoms with E-state index in [4.69, 9.17) is 0 Å². The van der Waals surface area contributed by atoms with Crippen LogP contribution < -0.4 is 5.32 Å². The van der Waals surface area contributed by atoms with Crippen LogP contribution in [-0.4, -0.2) is 30.4 Å². The molecule has 1 saturated heterocycles. The van der Waals surface area contributed by atoms with Gasteiger partial charge in [0, 0.05) is 16.8 Å². The van der Waals surface area contributed by atoms with Crippen molar-refractivity contribution in [2.45, 2.75) is 52.1 Å². The maximum atomic E-state index is 12.6. The minimum absolute atomic E-state index is 0.00205. The lowest BCUT2D eigenvalue weighted by atomic mass is 9.90. The Balaban J connectivity index is 2.00. The van der Waals surface area contributed by atoms with Crippen molar-refractivity contribution in [3.8, 4) is 0 Å². The number of piperidine rings is 1. The van der Waals surface area contributed by atoms with Gasteiger partial charge in [0.25, 0.3) is 0 Å². The second kappa shape index (κ2) is 6.72. The highest BCUT2D eigenvalue weighted by Crippen LogP contribution is 2.28. The SMILES string of the molecule is CCC1CCNC(C(=O)N(C)C(C)c2ccc(C)s2)C1. The van der Waals surface area contributed by atoms with Gasteiger partial charge in [-0.1, -0.05) is 13.3 Å². The van der Waals surface area contributed by atoms with Crippen LogP contribution in [0.5, 0.6) is 0 Å². The highest BCUT2D eigenvalue weighted by molar-refractivity contribution is 7.12. The molecule has 0 bridgehead atoms. The lowest BCUT2D eigenvalue weighted by Gasteiger charge is -2.33. The Labute approximate surface area is 126 Å². The fourth-order valence-corrected chi connectivity index (χ4v) is 3.83. The summed E-state index contributed by atoms with van der Waals surface area (Å²) in [5.74, 6) is 0.930. The molecule has 3 nitrogen and oxygen atoms in total. The zero-order valence-electron chi connectivity index (χ0n) is 13.0. The van der Waals surface area contributed by atoms with Gasteiger partial charge in [-0.25, -0.2) is 0 Å². The first-order chi connectivity index (χ1) is 9.52. The van der Waals surface area contributed by atoms with E-state index in [1.165, 1.54) is 22.6 Å². The van der Waals surface area contributed by atoms with Gasteiger partial charge in [-0.15, -0.1) is 11.3 Å². The van der Waals surface area contributed by atoms with E-state index in [9.17, 15) is 4.79 Å². The van der Waals surface area contributed by atoms with Crippen molar-refractivity contribution in [3.05, 3.63) is 21.9 Å². The molecule has 0 aromatic carbocycles. The monoisotopic (exact) mass is 294 g/mol. The number of carbonyl (C=O) groups excluding carboxylic acids is 1. The molecule has 1 aromatic heterocycles.